The lowest BCUT2D eigenvalue weighted by atomic mass is 10.0. The van der Waals surface area contributed by atoms with E-state index in [9.17, 15) is 0 Å². The van der Waals surface area contributed by atoms with Crippen LogP contribution in [0.2, 0.25) is 0 Å². The van der Waals surface area contributed by atoms with Gasteiger partial charge in [0.1, 0.15) is 0 Å². The molecule has 0 saturated carbocycles. The number of nitrogens with one attached hydrogen (secondary N) is 1. The van der Waals surface area contributed by atoms with Crippen molar-refractivity contribution in [2.24, 2.45) is 5.92 Å². The Balaban J connectivity index is 1.92. The Morgan fingerprint density at radius 2 is 2.41 bits per heavy atom. The molecule has 1 aromatic rings. The van der Waals surface area contributed by atoms with Crippen LogP contribution in [0.25, 0.3) is 0 Å². The van der Waals surface area contributed by atoms with Crippen molar-refractivity contribution < 1.29 is 0 Å². The van der Waals surface area contributed by atoms with E-state index in [1.165, 1.54) is 35.9 Å². The lowest BCUT2D eigenvalue weighted by molar-refractivity contribution is 0.446. The molecule has 0 spiro atoms. The van der Waals surface area contributed by atoms with E-state index >= 15 is 0 Å². The zero-order valence-electron chi connectivity index (χ0n) is 11.1. The number of piperidine rings is 1. The Labute approximate surface area is 108 Å². The summed E-state index contributed by atoms with van der Waals surface area (Å²) in [6, 6.07) is 0.538. The summed E-state index contributed by atoms with van der Waals surface area (Å²) in [4.78, 5) is 8.34. The third-order valence-electron chi connectivity index (χ3n) is 3.15. The van der Waals surface area contributed by atoms with Crippen LogP contribution in [0.1, 0.15) is 38.5 Å². The lowest BCUT2D eigenvalue weighted by Gasteiger charge is -2.30. The van der Waals surface area contributed by atoms with E-state index in [0.717, 1.165) is 12.5 Å². The van der Waals surface area contributed by atoms with Crippen LogP contribution in [-0.2, 0) is 6.54 Å². The summed E-state index contributed by atoms with van der Waals surface area (Å²) in [5.74, 6) is 0.810. The van der Waals surface area contributed by atoms with Gasteiger partial charge in [0.15, 0.2) is 5.13 Å². The predicted molar refractivity (Wildman–Crippen MR) is 74.7 cm³/mol. The molecule has 1 saturated heterocycles. The first-order valence-corrected chi connectivity index (χ1v) is 7.40. The average Bonchev–Trinajstić information content (AvgIpc) is 2.75. The minimum Gasteiger partial charge on any atom is -0.348 e. The van der Waals surface area contributed by atoms with Crippen molar-refractivity contribution in [3.8, 4) is 0 Å². The number of hydrogen-bond donors (Lipinski definition) is 1. The molecule has 1 N–H and O–H groups in total. The van der Waals surface area contributed by atoms with Gasteiger partial charge >= 0.3 is 0 Å². The summed E-state index contributed by atoms with van der Waals surface area (Å²) >= 11 is 1.84. The molecule has 1 fully saturated rings. The summed E-state index contributed by atoms with van der Waals surface area (Å²) in [6.07, 6.45) is 4.69. The van der Waals surface area contributed by atoms with Gasteiger partial charge in [-0.05, 0) is 18.8 Å². The highest BCUT2D eigenvalue weighted by molar-refractivity contribution is 7.15. The smallest absolute Gasteiger partial charge is 0.185 e. The molecule has 2 heterocycles. The van der Waals surface area contributed by atoms with Crippen molar-refractivity contribution in [2.45, 2.75) is 46.2 Å². The highest BCUT2D eigenvalue weighted by atomic mass is 32.1. The zero-order valence-corrected chi connectivity index (χ0v) is 11.9. The van der Waals surface area contributed by atoms with E-state index in [1.54, 1.807) is 0 Å². The molecule has 4 heteroatoms. The van der Waals surface area contributed by atoms with Crippen LogP contribution in [0, 0.1) is 5.92 Å². The number of rotatable bonds is 4. The van der Waals surface area contributed by atoms with E-state index < -0.39 is 0 Å². The molecule has 0 amide bonds. The topological polar surface area (TPSA) is 28.2 Å². The fourth-order valence-electron chi connectivity index (χ4n) is 2.19. The van der Waals surface area contributed by atoms with E-state index in [0.29, 0.717) is 6.04 Å². The number of hydrogen-bond acceptors (Lipinski definition) is 4. The van der Waals surface area contributed by atoms with Gasteiger partial charge in [0, 0.05) is 36.8 Å². The Bertz CT molecular complexity index is 348. The third kappa shape index (κ3) is 3.68. The molecular formula is C13H23N3S. The molecule has 1 atom stereocenters. The molecule has 0 aromatic carbocycles. The molecular weight excluding hydrogens is 230 g/mol. The summed E-state index contributed by atoms with van der Waals surface area (Å²) in [7, 11) is 0. The molecule has 1 unspecified atom stereocenters. The van der Waals surface area contributed by atoms with Crippen LogP contribution >= 0.6 is 11.3 Å². The van der Waals surface area contributed by atoms with Crippen LogP contribution in [0.5, 0.6) is 0 Å². The summed E-state index contributed by atoms with van der Waals surface area (Å²) in [5, 5.41) is 4.64. The monoisotopic (exact) mass is 253 g/mol. The van der Waals surface area contributed by atoms with Gasteiger partial charge in [-0.1, -0.05) is 20.8 Å². The van der Waals surface area contributed by atoms with Crippen LogP contribution in [0.4, 0.5) is 5.13 Å². The van der Waals surface area contributed by atoms with Gasteiger partial charge in [0.25, 0.3) is 0 Å². The second kappa shape index (κ2) is 5.83. The molecule has 3 nitrogen and oxygen atoms in total. The maximum atomic E-state index is 4.56. The first-order valence-electron chi connectivity index (χ1n) is 6.58. The first-order chi connectivity index (χ1) is 8.15. The molecule has 17 heavy (non-hydrogen) atoms. The van der Waals surface area contributed by atoms with Crippen molar-refractivity contribution in [1.29, 1.82) is 0 Å². The van der Waals surface area contributed by atoms with Gasteiger partial charge < -0.3 is 10.2 Å². The summed E-state index contributed by atoms with van der Waals surface area (Å²) in [5.41, 5.74) is 0. The Morgan fingerprint density at radius 1 is 1.59 bits per heavy atom. The largest absolute Gasteiger partial charge is 0.348 e. The van der Waals surface area contributed by atoms with Crippen molar-refractivity contribution in [1.82, 2.24) is 10.3 Å². The Kier molecular flexibility index (Phi) is 4.40. The minimum atomic E-state index is 0.538. The molecule has 0 bridgehead atoms. The van der Waals surface area contributed by atoms with Gasteiger partial charge in [-0.2, -0.15) is 0 Å². The van der Waals surface area contributed by atoms with Crippen LogP contribution < -0.4 is 10.2 Å². The Hall–Kier alpha value is -0.610. The van der Waals surface area contributed by atoms with Gasteiger partial charge in [-0.15, -0.1) is 11.3 Å². The van der Waals surface area contributed by atoms with E-state index in [2.05, 4.69) is 36.0 Å². The minimum absolute atomic E-state index is 0.538. The zero-order chi connectivity index (χ0) is 12.3. The van der Waals surface area contributed by atoms with E-state index in [-0.39, 0.29) is 0 Å². The molecule has 1 aliphatic heterocycles. The number of anilines is 1. The fourth-order valence-corrected chi connectivity index (χ4v) is 3.09. The molecule has 2 rings (SSSR count). The first kappa shape index (κ1) is 12.8. The van der Waals surface area contributed by atoms with E-state index in [1.807, 2.05) is 17.5 Å². The number of thiazole rings is 1. The number of aromatic nitrogens is 1. The van der Waals surface area contributed by atoms with Crippen molar-refractivity contribution in [3.63, 3.8) is 0 Å². The second-order valence-electron chi connectivity index (χ2n) is 5.34. The fraction of sp³-hybridized carbons (Fsp3) is 0.769. The highest BCUT2D eigenvalue weighted by Gasteiger charge is 2.18. The second-order valence-corrected chi connectivity index (χ2v) is 6.43. The molecule has 96 valence electrons. The van der Waals surface area contributed by atoms with E-state index in [4.69, 9.17) is 0 Å². The number of nitrogens with zero attached hydrogens (tertiary/aromatic N) is 2. The normalized spacial score (nSPS) is 21.2. The standard InChI is InChI=1S/C13H23N3S/c1-10(2)14-7-12-8-15-13(17-12)16-6-4-5-11(3)9-16/h8,10-11,14H,4-7,9H2,1-3H3. The quantitative estimate of drug-likeness (QED) is 0.894. The molecule has 1 aromatic heterocycles. The van der Waals surface area contributed by atoms with Crippen molar-refractivity contribution in [2.75, 3.05) is 18.0 Å². The molecule has 1 aliphatic rings. The Morgan fingerprint density at radius 3 is 3.12 bits per heavy atom. The summed E-state index contributed by atoms with van der Waals surface area (Å²) < 4.78 is 0. The third-order valence-corrected chi connectivity index (χ3v) is 4.21. The van der Waals surface area contributed by atoms with Gasteiger partial charge in [0.2, 0.25) is 0 Å². The molecule has 0 radical (unpaired) electrons. The van der Waals surface area contributed by atoms with Gasteiger partial charge in [-0.3, -0.25) is 0 Å². The van der Waals surface area contributed by atoms with Crippen molar-refractivity contribution in [3.05, 3.63) is 11.1 Å². The van der Waals surface area contributed by atoms with Gasteiger partial charge in [-0.25, -0.2) is 4.98 Å². The van der Waals surface area contributed by atoms with Gasteiger partial charge in [0.05, 0.1) is 0 Å². The predicted octanol–water partition coefficient (Wildman–Crippen LogP) is 2.88. The maximum Gasteiger partial charge on any atom is 0.185 e. The van der Waals surface area contributed by atoms with Crippen molar-refractivity contribution >= 4 is 16.5 Å². The lowest BCUT2D eigenvalue weighted by Crippen LogP contribution is -2.34. The molecule has 0 aliphatic carbocycles. The highest BCUT2D eigenvalue weighted by Crippen LogP contribution is 2.27. The average molecular weight is 253 g/mol. The SMILES string of the molecule is CC1CCCN(c2ncc(CNC(C)C)s2)C1. The maximum absolute atomic E-state index is 4.56. The summed E-state index contributed by atoms with van der Waals surface area (Å²) in [6.45, 7) is 9.97. The van der Waals surface area contributed by atoms with Crippen LogP contribution in [0.15, 0.2) is 6.20 Å². The van der Waals surface area contributed by atoms with Crippen LogP contribution in [-0.4, -0.2) is 24.1 Å². The van der Waals surface area contributed by atoms with Crippen LogP contribution in [0.3, 0.4) is 0 Å².